The first kappa shape index (κ1) is 22.1. The largest absolute Gasteiger partial charge is 0.466 e. The topological polar surface area (TPSA) is 148 Å². The number of halogens is 1. The zero-order valence-electron chi connectivity index (χ0n) is 15.6. The fraction of sp³-hybridized carbons (Fsp3) is 0.353. The number of nitrogens with one attached hydrogen (secondary N) is 1. The summed E-state index contributed by atoms with van der Waals surface area (Å²) in [4.78, 5) is 48.4. The van der Waals surface area contributed by atoms with Gasteiger partial charge in [0.15, 0.2) is 0 Å². The molecule has 0 radical (unpaired) electrons. The highest BCUT2D eigenvalue weighted by molar-refractivity contribution is 6.34. The van der Waals surface area contributed by atoms with Crippen LogP contribution in [0.3, 0.4) is 0 Å². The molecule has 11 nitrogen and oxygen atoms in total. The van der Waals surface area contributed by atoms with E-state index in [1.54, 1.807) is 6.92 Å². The molecule has 0 fully saturated rings. The molecule has 1 aliphatic rings. The van der Waals surface area contributed by atoms with E-state index in [4.69, 9.17) is 21.4 Å². The Balaban J connectivity index is 2.53. The molecular formula is C17H18ClN3O8. The third-order valence-corrected chi connectivity index (χ3v) is 4.28. The molecule has 1 aromatic rings. The lowest BCUT2D eigenvalue weighted by Gasteiger charge is -2.15. The number of carbonyl (C=O) groups excluding carboxylic acids is 3. The van der Waals surface area contributed by atoms with E-state index in [9.17, 15) is 24.5 Å². The van der Waals surface area contributed by atoms with Crippen LogP contribution < -0.4 is 5.32 Å². The summed E-state index contributed by atoms with van der Waals surface area (Å²) in [5.41, 5.74) is -1.35. The number of nitro benzene ring substituents is 1. The minimum absolute atomic E-state index is 0.0534. The number of methoxy groups -OCH3 is 1. The molecule has 29 heavy (non-hydrogen) atoms. The second-order valence-corrected chi connectivity index (χ2v) is 6.16. The number of ether oxygens (including phenoxy) is 2. The summed E-state index contributed by atoms with van der Waals surface area (Å²) in [5, 5.41) is 22.9. The molecule has 1 heterocycles. The second-order valence-electron chi connectivity index (χ2n) is 5.75. The van der Waals surface area contributed by atoms with Crippen LogP contribution in [-0.4, -0.2) is 66.2 Å². The normalized spacial score (nSPS) is 13.5. The number of esters is 2. The van der Waals surface area contributed by atoms with Gasteiger partial charge in [-0.15, -0.1) is 0 Å². The molecule has 0 aromatic heterocycles. The van der Waals surface area contributed by atoms with Gasteiger partial charge < -0.3 is 24.8 Å². The number of anilines is 1. The van der Waals surface area contributed by atoms with Gasteiger partial charge in [0.2, 0.25) is 0 Å². The summed E-state index contributed by atoms with van der Waals surface area (Å²) in [6.07, 6.45) is 0. The van der Waals surface area contributed by atoms with Crippen LogP contribution in [0.15, 0.2) is 23.4 Å². The number of nitrogens with zero attached hydrogens (tertiary/aromatic N) is 2. The van der Waals surface area contributed by atoms with Crippen molar-refractivity contribution in [2.24, 2.45) is 0 Å². The predicted molar refractivity (Wildman–Crippen MR) is 100 cm³/mol. The predicted octanol–water partition coefficient (Wildman–Crippen LogP) is 1.10. The molecule has 0 bridgehead atoms. The van der Waals surface area contributed by atoms with Crippen molar-refractivity contribution < 1.29 is 33.9 Å². The Morgan fingerprint density at radius 1 is 1.38 bits per heavy atom. The fourth-order valence-corrected chi connectivity index (χ4v) is 2.93. The van der Waals surface area contributed by atoms with Gasteiger partial charge in [-0.3, -0.25) is 14.9 Å². The lowest BCUT2D eigenvalue weighted by atomic mass is 10.1. The SMILES string of the molecule is CCOC(=O)c1cc(Cl)c(NC2=C(C(=O)OC)CN(CCO)C2=O)c([N+](=O)[O-])c1. The van der Waals surface area contributed by atoms with Gasteiger partial charge in [0, 0.05) is 12.6 Å². The van der Waals surface area contributed by atoms with Gasteiger partial charge in [0.05, 0.1) is 48.0 Å². The Kier molecular flexibility index (Phi) is 7.13. The average Bonchev–Trinajstić information content (AvgIpc) is 2.98. The van der Waals surface area contributed by atoms with E-state index in [1.165, 1.54) is 4.90 Å². The number of hydrogen-bond donors (Lipinski definition) is 2. The van der Waals surface area contributed by atoms with Crippen molar-refractivity contribution in [1.82, 2.24) is 4.90 Å². The summed E-state index contributed by atoms with van der Waals surface area (Å²) >= 11 is 6.13. The molecule has 2 N–H and O–H groups in total. The molecule has 0 saturated heterocycles. The molecular weight excluding hydrogens is 410 g/mol. The highest BCUT2D eigenvalue weighted by Gasteiger charge is 2.36. The molecule has 1 amide bonds. The fourth-order valence-electron chi connectivity index (χ4n) is 2.67. The number of nitro groups is 1. The van der Waals surface area contributed by atoms with Gasteiger partial charge in [-0.2, -0.15) is 0 Å². The maximum Gasteiger partial charge on any atom is 0.338 e. The van der Waals surface area contributed by atoms with Crippen LogP contribution in [0.1, 0.15) is 17.3 Å². The van der Waals surface area contributed by atoms with Crippen molar-refractivity contribution in [3.63, 3.8) is 0 Å². The Labute approximate surface area is 170 Å². The van der Waals surface area contributed by atoms with Crippen molar-refractivity contribution in [1.29, 1.82) is 0 Å². The van der Waals surface area contributed by atoms with E-state index >= 15 is 0 Å². The molecule has 0 saturated carbocycles. The van der Waals surface area contributed by atoms with Crippen LogP contribution in [0.25, 0.3) is 0 Å². The van der Waals surface area contributed by atoms with Crippen LogP contribution in [0.5, 0.6) is 0 Å². The second kappa shape index (κ2) is 9.34. The van der Waals surface area contributed by atoms with Crippen LogP contribution >= 0.6 is 11.6 Å². The third-order valence-electron chi connectivity index (χ3n) is 3.98. The van der Waals surface area contributed by atoms with Gasteiger partial charge in [0.25, 0.3) is 11.6 Å². The quantitative estimate of drug-likeness (QED) is 0.353. The highest BCUT2D eigenvalue weighted by Crippen LogP contribution is 2.36. The maximum absolute atomic E-state index is 12.6. The van der Waals surface area contributed by atoms with Crippen LogP contribution in [0.2, 0.25) is 5.02 Å². The first-order chi connectivity index (χ1) is 13.7. The van der Waals surface area contributed by atoms with Crippen LogP contribution in [0, 0.1) is 10.1 Å². The maximum atomic E-state index is 12.6. The minimum Gasteiger partial charge on any atom is -0.466 e. The van der Waals surface area contributed by atoms with Crippen LogP contribution in [0.4, 0.5) is 11.4 Å². The van der Waals surface area contributed by atoms with E-state index in [1.807, 2.05) is 0 Å². The van der Waals surface area contributed by atoms with Crippen molar-refractivity contribution in [2.45, 2.75) is 6.92 Å². The van der Waals surface area contributed by atoms with E-state index in [0.717, 1.165) is 19.2 Å². The number of amides is 1. The van der Waals surface area contributed by atoms with E-state index in [-0.39, 0.29) is 53.8 Å². The Bertz CT molecular complexity index is 899. The smallest absolute Gasteiger partial charge is 0.338 e. The standard InChI is InChI=1S/C17H18ClN3O8/c1-3-29-16(24)9-6-11(18)14(12(7-9)21(26)27)19-13-10(17(25)28-2)8-20(4-5-22)15(13)23/h6-7,19,22H,3-5,8H2,1-2H3. The molecule has 0 spiro atoms. The monoisotopic (exact) mass is 427 g/mol. The lowest BCUT2D eigenvalue weighted by molar-refractivity contribution is -0.383. The van der Waals surface area contributed by atoms with E-state index in [2.05, 4.69) is 10.1 Å². The number of carbonyl (C=O) groups is 3. The van der Waals surface area contributed by atoms with Gasteiger partial charge in [0.1, 0.15) is 11.4 Å². The van der Waals surface area contributed by atoms with Crippen molar-refractivity contribution in [2.75, 3.05) is 38.7 Å². The molecule has 0 aliphatic carbocycles. The molecule has 1 aromatic carbocycles. The summed E-state index contributed by atoms with van der Waals surface area (Å²) < 4.78 is 9.47. The number of β-amino-alcohol motifs (C(OH)–C–C–N with tert-alkyl or cyclic N) is 1. The molecule has 0 atom stereocenters. The van der Waals surface area contributed by atoms with E-state index in [0.29, 0.717) is 0 Å². The summed E-state index contributed by atoms with van der Waals surface area (Å²) in [5.74, 6) is -2.29. The van der Waals surface area contributed by atoms with Crippen molar-refractivity contribution >= 4 is 40.8 Å². The molecule has 12 heteroatoms. The average molecular weight is 428 g/mol. The molecule has 1 aliphatic heterocycles. The minimum atomic E-state index is -0.816. The summed E-state index contributed by atoms with van der Waals surface area (Å²) in [6, 6.07) is 2.10. The Morgan fingerprint density at radius 2 is 2.07 bits per heavy atom. The van der Waals surface area contributed by atoms with Crippen molar-refractivity contribution in [3.05, 3.63) is 44.1 Å². The zero-order chi connectivity index (χ0) is 21.7. The Morgan fingerprint density at radius 3 is 2.62 bits per heavy atom. The van der Waals surface area contributed by atoms with E-state index < -0.39 is 28.5 Å². The first-order valence-electron chi connectivity index (χ1n) is 8.38. The number of hydrogen-bond acceptors (Lipinski definition) is 9. The zero-order valence-corrected chi connectivity index (χ0v) is 16.3. The number of rotatable bonds is 8. The lowest BCUT2D eigenvalue weighted by Crippen LogP contribution is -2.31. The number of aliphatic hydroxyl groups is 1. The van der Waals surface area contributed by atoms with Crippen LogP contribution in [-0.2, 0) is 19.1 Å². The third kappa shape index (κ3) is 4.63. The number of aliphatic hydroxyl groups excluding tert-OH is 1. The van der Waals surface area contributed by atoms with Gasteiger partial charge in [-0.05, 0) is 13.0 Å². The van der Waals surface area contributed by atoms with Gasteiger partial charge in [-0.25, -0.2) is 9.59 Å². The first-order valence-corrected chi connectivity index (χ1v) is 8.76. The molecule has 2 rings (SSSR count). The molecule has 0 unspecified atom stereocenters. The molecule has 156 valence electrons. The summed E-state index contributed by atoms with van der Waals surface area (Å²) in [6.45, 7) is 1.09. The summed E-state index contributed by atoms with van der Waals surface area (Å²) in [7, 11) is 1.12. The van der Waals surface area contributed by atoms with Gasteiger partial charge in [-0.1, -0.05) is 11.6 Å². The highest BCUT2D eigenvalue weighted by atomic mass is 35.5. The number of benzene rings is 1. The Hall–Kier alpha value is -3.18. The van der Waals surface area contributed by atoms with Crippen molar-refractivity contribution in [3.8, 4) is 0 Å². The van der Waals surface area contributed by atoms with Gasteiger partial charge >= 0.3 is 11.9 Å².